The number of thiol groups is 1. The SMILES string of the molecule is O=C(NC(CS)C(=O)NC(Cc1c[nH]c2ccccc12)C(=O)N1CCCC1C(=O)O)C1CCCN1. The standard InChI is InChI=1S/C24H31N5O5S/c30-21(17-7-3-9-25-17)28-19(13-35)22(31)27-18(23(32)29-10-4-8-20(29)24(33)34)11-14-12-26-16-6-2-1-5-15(14)16/h1-2,5-6,12,17-20,25-26,35H,3-4,7-11,13H2,(H,27,31)(H,28,30)(H,33,34). The van der Waals surface area contributed by atoms with Gasteiger partial charge in [-0.05, 0) is 43.9 Å². The van der Waals surface area contributed by atoms with E-state index in [1.54, 1.807) is 6.20 Å². The van der Waals surface area contributed by atoms with Crippen molar-refractivity contribution in [3.63, 3.8) is 0 Å². The number of para-hydroxylation sites is 1. The van der Waals surface area contributed by atoms with Crippen LogP contribution in [0.25, 0.3) is 10.9 Å². The molecule has 0 radical (unpaired) electrons. The van der Waals surface area contributed by atoms with E-state index in [1.807, 2.05) is 24.3 Å². The zero-order chi connectivity index (χ0) is 24.9. The van der Waals surface area contributed by atoms with E-state index in [9.17, 15) is 24.3 Å². The van der Waals surface area contributed by atoms with Crippen molar-refractivity contribution in [3.8, 4) is 0 Å². The lowest BCUT2D eigenvalue weighted by Gasteiger charge is -2.28. The molecule has 0 aliphatic carbocycles. The van der Waals surface area contributed by atoms with Crippen LogP contribution in [0.2, 0.25) is 0 Å². The summed E-state index contributed by atoms with van der Waals surface area (Å²) in [5.41, 5.74) is 1.72. The predicted molar refractivity (Wildman–Crippen MR) is 133 cm³/mol. The van der Waals surface area contributed by atoms with Crippen molar-refractivity contribution in [1.29, 1.82) is 0 Å². The molecule has 10 nitrogen and oxygen atoms in total. The number of benzene rings is 1. The minimum absolute atomic E-state index is 0.0553. The van der Waals surface area contributed by atoms with Crippen molar-refractivity contribution >= 4 is 47.2 Å². The molecular weight excluding hydrogens is 470 g/mol. The minimum atomic E-state index is -1.06. The van der Waals surface area contributed by atoms with E-state index in [2.05, 4.69) is 33.6 Å². The Morgan fingerprint density at radius 3 is 2.63 bits per heavy atom. The summed E-state index contributed by atoms with van der Waals surface area (Å²) >= 11 is 4.24. The number of aromatic nitrogens is 1. The number of carboxylic acid groups (broad SMARTS) is 1. The van der Waals surface area contributed by atoms with Crippen LogP contribution in [0.5, 0.6) is 0 Å². The molecule has 11 heteroatoms. The number of aliphatic carboxylic acids is 1. The molecule has 2 aromatic rings. The Morgan fingerprint density at radius 1 is 1.11 bits per heavy atom. The average molecular weight is 502 g/mol. The van der Waals surface area contributed by atoms with Gasteiger partial charge in [-0.15, -0.1) is 0 Å². The van der Waals surface area contributed by atoms with Gasteiger partial charge in [0.15, 0.2) is 0 Å². The second-order valence-corrected chi connectivity index (χ2v) is 9.41. The molecular formula is C24H31N5O5S. The van der Waals surface area contributed by atoms with E-state index in [-0.39, 0.29) is 24.1 Å². The maximum Gasteiger partial charge on any atom is 0.326 e. The Morgan fingerprint density at radius 2 is 1.91 bits per heavy atom. The first-order valence-corrected chi connectivity index (χ1v) is 12.6. The molecule has 3 amide bonds. The maximum atomic E-state index is 13.5. The number of amides is 3. The lowest BCUT2D eigenvalue weighted by atomic mass is 10.0. The van der Waals surface area contributed by atoms with Crippen LogP contribution in [0.1, 0.15) is 31.2 Å². The molecule has 5 N–H and O–H groups in total. The number of hydrogen-bond donors (Lipinski definition) is 6. The third-order valence-corrected chi connectivity index (χ3v) is 7.09. The predicted octanol–water partition coefficient (Wildman–Crippen LogP) is 0.437. The van der Waals surface area contributed by atoms with Gasteiger partial charge in [0, 0.05) is 35.8 Å². The number of nitrogens with one attached hydrogen (secondary N) is 4. The van der Waals surface area contributed by atoms with Gasteiger partial charge in [0.2, 0.25) is 17.7 Å². The molecule has 188 valence electrons. The fourth-order valence-corrected chi connectivity index (χ4v) is 5.11. The maximum absolute atomic E-state index is 13.5. The molecule has 4 rings (SSSR count). The van der Waals surface area contributed by atoms with Crippen LogP contribution in [-0.2, 0) is 25.6 Å². The minimum Gasteiger partial charge on any atom is -0.480 e. The van der Waals surface area contributed by atoms with Gasteiger partial charge in [0.25, 0.3) is 0 Å². The van der Waals surface area contributed by atoms with E-state index in [1.165, 1.54) is 4.90 Å². The molecule has 1 aromatic carbocycles. The molecule has 2 fully saturated rings. The average Bonchev–Trinajstić information content (AvgIpc) is 3.62. The molecule has 0 spiro atoms. The fraction of sp³-hybridized carbons (Fsp3) is 0.500. The highest BCUT2D eigenvalue weighted by Gasteiger charge is 2.38. The molecule has 2 saturated heterocycles. The van der Waals surface area contributed by atoms with Gasteiger partial charge in [-0.1, -0.05) is 18.2 Å². The van der Waals surface area contributed by atoms with Gasteiger partial charge < -0.3 is 30.9 Å². The zero-order valence-corrected chi connectivity index (χ0v) is 20.2. The largest absolute Gasteiger partial charge is 0.480 e. The quantitative estimate of drug-likeness (QED) is 0.275. The lowest BCUT2D eigenvalue weighted by Crippen LogP contribution is -2.58. The van der Waals surface area contributed by atoms with Crippen molar-refractivity contribution in [2.75, 3.05) is 18.8 Å². The topological polar surface area (TPSA) is 144 Å². The monoisotopic (exact) mass is 501 g/mol. The van der Waals surface area contributed by atoms with E-state index in [0.29, 0.717) is 25.8 Å². The number of rotatable bonds is 9. The van der Waals surface area contributed by atoms with E-state index < -0.39 is 35.9 Å². The summed E-state index contributed by atoms with van der Waals surface area (Å²) in [4.78, 5) is 55.4. The van der Waals surface area contributed by atoms with Gasteiger partial charge in [-0.2, -0.15) is 12.6 Å². The third-order valence-electron chi connectivity index (χ3n) is 6.73. The number of nitrogens with zero attached hydrogens (tertiary/aromatic N) is 1. The van der Waals surface area contributed by atoms with Gasteiger partial charge in [0.1, 0.15) is 18.1 Å². The molecule has 4 unspecified atom stereocenters. The summed E-state index contributed by atoms with van der Waals surface area (Å²) in [5, 5.41) is 19.1. The van der Waals surface area contributed by atoms with Crippen molar-refractivity contribution in [2.45, 2.75) is 56.3 Å². The van der Waals surface area contributed by atoms with Crippen LogP contribution >= 0.6 is 12.6 Å². The molecule has 3 heterocycles. The summed E-state index contributed by atoms with van der Waals surface area (Å²) in [7, 11) is 0. The lowest BCUT2D eigenvalue weighted by molar-refractivity contribution is -0.149. The third kappa shape index (κ3) is 5.62. The van der Waals surface area contributed by atoms with Gasteiger partial charge in [-0.25, -0.2) is 4.79 Å². The Bertz CT molecular complexity index is 1100. The number of carbonyl (C=O) groups excluding carboxylic acids is 3. The highest BCUT2D eigenvalue weighted by molar-refractivity contribution is 7.80. The van der Waals surface area contributed by atoms with Crippen molar-refractivity contribution < 1.29 is 24.3 Å². The van der Waals surface area contributed by atoms with E-state index in [4.69, 9.17) is 0 Å². The number of likely N-dealkylation sites (tertiary alicyclic amines) is 1. The summed E-state index contributed by atoms with van der Waals surface area (Å²) in [6.45, 7) is 1.06. The van der Waals surface area contributed by atoms with Crippen LogP contribution in [0.4, 0.5) is 0 Å². The van der Waals surface area contributed by atoms with E-state index >= 15 is 0 Å². The van der Waals surface area contributed by atoms with Gasteiger partial charge in [0.05, 0.1) is 6.04 Å². The number of carboxylic acids is 1. The van der Waals surface area contributed by atoms with Crippen LogP contribution in [0.15, 0.2) is 30.5 Å². The molecule has 0 bridgehead atoms. The smallest absolute Gasteiger partial charge is 0.326 e. The number of H-pyrrole nitrogens is 1. The molecule has 2 aliphatic heterocycles. The molecule has 2 aliphatic rings. The van der Waals surface area contributed by atoms with Crippen molar-refractivity contribution in [1.82, 2.24) is 25.8 Å². The van der Waals surface area contributed by atoms with Crippen molar-refractivity contribution in [3.05, 3.63) is 36.0 Å². The summed E-state index contributed by atoms with van der Waals surface area (Å²) in [6.07, 6.45) is 4.50. The van der Waals surface area contributed by atoms with Gasteiger partial charge in [-0.3, -0.25) is 14.4 Å². The Balaban J connectivity index is 1.54. The highest BCUT2D eigenvalue weighted by Crippen LogP contribution is 2.23. The van der Waals surface area contributed by atoms with Crippen LogP contribution in [0.3, 0.4) is 0 Å². The van der Waals surface area contributed by atoms with Crippen molar-refractivity contribution in [2.24, 2.45) is 0 Å². The highest BCUT2D eigenvalue weighted by atomic mass is 32.1. The van der Waals surface area contributed by atoms with Crippen LogP contribution in [0, 0.1) is 0 Å². The normalized spacial score (nSPS) is 21.6. The Hall–Kier alpha value is -3.05. The second-order valence-electron chi connectivity index (χ2n) is 9.05. The number of hydrogen-bond acceptors (Lipinski definition) is 6. The van der Waals surface area contributed by atoms with E-state index in [0.717, 1.165) is 29.4 Å². The molecule has 0 saturated carbocycles. The van der Waals surface area contributed by atoms with Crippen LogP contribution in [-0.4, -0.2) is 81.7 Å². The summed E-state index contributed by atoms with van der Waals surface area (Å²) in [6, 6.07) is 4.43. The second kappa shape index (κ2) is 11.1. The molecule has 35 heavy (non-hydrogen) atoms. The summed E-state index contributed by atoms with van der Waals surface area (Å²) in [5.74, 6) is -2.26. The fourth-order valence-electron chi connectivity index (χ4n) is 4.85. The molecule has 4 atom stereocenters. The first-order valence-electron chi connectivity index (χ1n) is 11.9. The first kappa shape index (κ1) is 25.1. The number of aromatic amines is 1. The number of fused-ring (bicyclic) bond motifs is 1. The Labute approximate surface area is 208 Å². The molecule has 1 aromatic heterocycles. The zero-order valence-electron chi connectivity index (χ0n) is 19.3. The van der Waals surface area contributed by atoms with Gasteiger partial charge >= 0.3 is 5.97 Å². The summed E-state index contributed by atoms with van der Waals surface area (Å²) < 4.78 is 0. The van der Waals surface area contributed by atoms with Crippen LogP contribution < -0.4 is 16.0 Å². The first-order chi connectivity index (χ1) is 16.9. The number of carbonyl (C=O) groups is 4. The Kier molecular flexibility index (Phi) is 7.97.